The zero-order valence-corrected chi connectivity index (χ0v) is 10.8. The van der Waals surface area contributed by atoms with E-state index in [9.17, 15) is 4.79 Å². The molecule has 98 valence electrons. The normalized spacial score (nSPS) is 13.5. The number of carbonyl (C=O) groups is 1. The molecule has 0 saturated carbocycles. The fourth-order valence-corrected chi connectivity index (χ4v) is 1.48. The van der Waals surface area contributed by atoms with Gasteiger partial charge in [0, 0.05) is 6.04 Å². The van der Waals surface area contributed by atoms with Crippen molar-refractivity contribution in [1.29, 1.82) is 0 Å². The molecule has 0 radical (unpaired) electrons. The zero-order chi connectivity index (χ0) is 12.9. The lowest BCUT2D eigenvalue weighted by molar-refractivity contribution is -0.137. The van der Waals surface area contributed by atoms with Gasteiger partial charge in [0.1, 0.15) is 0 Å². The first kappa shape index (κ1) is 15.9. The fourth-order valence-electron chi connectivity index (χ4n) is 1.48. The highest BCUT2D eigenvalue weighted by Crippen LogP contribution is 2.02. The van der Waals surface area contributed by atoms with Gasteiger partial charge in [-0.3, -0.25) is 4.79 Å². The van der Waals surface area contributed by atoms with E-state index in [0.29, 0.717) is 0 Å². The van der Waals surface area contributed by atoms with Crippen LogP contribution in [-0.4, -0.2) is 17.1 Å². The number of nitrogens with two attached hydrogens (primary N) is 1. The van der Waals surface area contributed by atoms with Crippen molar-refractivity contribution < 1.29 is 9.90 Å². The maximum absolute atomic E-state index is 10.3. The summed E-state index contributed by atoms with van der Waals surface area (Å²) in [6.07, 6.45) is 15.1. The SMILES string of the molecule is CCCCC/C=C\CC/C=C/C(N)CC(=O)O. The topological polar surface area (TPSA) is 63.3 Å². The van der Waals surface area contributed by atoms with Crippen LogP contribution in [0, 0.1) is 0 Å². The average molecular weight is 239 g/mol. The molecule has 3 N–H and O–H groups in total. The molecule has 0 bridgehead atoms. The van der Waals surface area contributed by atoms with Crippen LogP contribution in [0.3, 0.4) is 0 Å². The summed E-state index contributed by atoms with van der Waals surface area (Å²) in [6, 6.07) is -0.360. The van der Waals surface area contributed by atoms with Gasteiger partial charge in [-0.05, 0) is 25.7 Å². The maximum atomic E-state index is 10.3. The molecule has 1 atom stereocenters. The minimum absolute atomic E-state index is 0.00333. The largest absolute Gasteiger partial charge is 0.481 e. The Morgan fingerprint density at radius 1 is 1.18 bits per heavy atom. The van der Waals surface area contributed by atoms with Crippen LogP contribution >= 0.6 is 0 Å². The van der Waals surface area contributed by atoms with E-state index in [2.05, 4.69) is 19.1 Å². The molecule has 3 heteroatoms. The highest BCUT2D eigenvalue weighted by Gasteiger charge is 2.02. The molecule has 1 unspecified atom stereocenters. The van der Waals surface area contributed by atoms with E-state index in [4.69, 9.17) is 10.8 Å². The molecular formula is C14H25NO2. The molecule has 0 amide bonds. The Morgan fingerprint density at radius 2 is 1.82 bits per heavy atom. The average Bonchev–Trinajstić information content (AvgIpc) is 2.26. The minimum Gasteiger partial charge on any atom is -0.481 e. The quantitative estimate of drug-likeness (QED) is 0.454. The van der Waals surface area contributed by atoms with Gasteiger partial charge in [0.15, 0.2) is 0 Å². The lowest BCUT2D eigenvalue weighted by atomic mass is 10.1. The summed E-state index contributed by atoms with van der Waals surface area (Å²) in [5.41, 5.74) is 5.58. The van der Waals surface area contributed by atoms with E-state index in [-0.39, 0.29) is 12.5 Å². The van der Waals surface area contributed by atoms with Crippen molar-refractivity contribution >= 4 is 5.97 Å². The van der Waals surface area contributed by atoms with Crippen LogP contribution in [0.1, 0.15) is 51.9 Å². The second-order valence-corrected chi connectivity index (χ2v) is 4.23. The summed E-state index contributed by atoms with van der Waals surface area (Å²) < 4.78 is 0. The molecule has 0 fully saturated rings. The summed E-state index contributed by atoms with van der Waals surface area (Å²) in [4.78, 5) is 10.3. The molecule has 0 saturated heterocycles. The third kappa shape index (κ3) is 12.8. The molecule has 0 heterocycles. The van der Waals surface area contributed by atoms with Crippen LogP contribution in [0.25, 0.3) is 0 Å². The first-order chi connectivity index (χ1) is 8.16. The molecule has 17 heavy (non-hydrogen) atoms. The number of unbranched alkanes of at least 4 members (excludes halogenated alkanes) is 4. The van der Waals surface area contributed by atoms with Crippen molar-refractivity contribution in [2.75, 3.05) is 0 Å². The number of hydrogen-bond donors (Lipinski definition) is 2. The van der Waals surface area contributed by atoms with Gasteiger partial charge in [-0.15, -0.1) is 0 Å². The Labute approximate surface area is 104 Å². The van der Waals surface area contributed by atoms with Crippen LogP contribution in [0.2, 0.25) is 0 Å². The molecule has 0 spiro atoms. The Balaban J connectivity index is 3.43. The highest BCUT2D eigenvalue weighted by molar-refractivity contribution is 5.67. The summed E-state index contributed by atoms with van der Waals surface area (Å²) in [7, 11) is 0. The number of carboxylic acid groups (broad SMARTS) is 1. The summed E-state index contributed by atoms with van der Waals surface area (Å²) in [5.74, 6) is -0.849. The Kier molecular flexibility index (Phi) is 10.7. The summed E-state index contributed by atoms with van der Waals surface area (Å²) in [6.45, 7) is 2.20. The monoisotopic (exact) mass is 239 g/mol. The predicted octanol–water partition coefficient (Wildman–Crippen LogP) is 3.26. The van der Waals surface area contributed by atoms with E-state index >= 15 is 0 Å². The van der Waals surface area contributed by atoms with Crippen molar-refractivity contribution in [2.45, 2.75) is 57.9 Å². The van der Waals surface area contributed by atoms with Gasteiger partial charge in [-0.1, -0.05) is 44.1 Å². The second kappa shape index (κ2) is 11.4. The number of carboxylic acids is 1. The van der Waals surface area contributed by atoms with Crippen molar-refractivity contribution in [3.8, 4) is 0 Å². The van der Waals surface area contributed by atoms with Crippen molar-refractivity contribution in [3.05, 3.63) is 24.3 Å². The van der Waals surface area contributed by atoms with E-state index < -0.39 is 5.97 Å². The van der Waals surface area contributed by atoms with Crippen LogP contribution < -0.4 is 5.73 Å². The second-order valence-electron chi connectivity index (χ2n) is 4.23. The lowest BCUT2D eigenvalue weighted by Crippen LogP contribution is -2.20. The van der Waals surface area contributed by atoms with E-state index in [1.54, 1.807) is 6.08 Å². The molecular weight excluding hydrogens is 214 g/mol. The van der Waals surface area contributed by atoms with Gasteiger partial charge in [-0.2, -0.15) is 0 Å². The molecule has 0 aromatic rings. The van der Waals surface area contributed by atoms with Gasteiger partial charge in [0.2, 0.25) is 0 Å². The van der Waals surface area contributed by atoms with Gasteiger partial charge >= 0.3 is 5.97 Å². The Bertz CT molecular complexity index is 247. The van der Waals surface area contributed by atoms with E-state index in [1.807, 2.05) is 6.08 Å². The third-order valence-corrected chi connectivity index (χ3v) is 2.43. The Hall–Kier alpha value is -1.09. The first-order valence-electron chi connectivity index (χ1n) is 6.45. The van der Waals surface area contributed by atoms with Crippen LogP contribution in [0.4, 0.5) is 0 Å². The van der Waals surface area contributed by atoms with E-state index in [0.717, 1.165) is 19.3 Å². The number of allylic oxidation sites excluding steroid dienone is 3. The minimum atomic E-state index is -0.849. The number of aliphatic carboxylic acids is 1. The van der Waals surface area contributed by atoms with Crippen molar-refractivity contribution in [1.82, 2.24) is 0 Å². The predicted molar refractivity (Wildman–Crippen MR) is 71.9 cm³/mol. The van der Waals surface area contributed by atoms with Crippen molar-refractivity contribution in [2.24, 2.45) is 5.73 Å². The molecule has 3 nitrogen and oxygen atoms in total. The smallest absolute Gasteiger partial charge is 0.305 e. The molecule has 0 aliphatic carbocycles. The van der Waals surface area contributed by atoms with Crippen LogP contribution in [0.15, 0.2) is 24.3 Å². The summed E-state index contributed by atoms with van der Waals surface area (Å²) in [5, 5.41) is 8.50. The van der Waals surface area contributed by atoms with E-state index in [1.165, 1.54) is 19.3 Å². The van der Waals surface area contributed by atoms with Gasteiger partial charge in [0.05, 0.1) is 6.42 Å². The third-order valence-electron chi connectivity index (χ3n) is 2.43. The number of hydrogen-bond acceptors (Lipinski definition) is 2. The molecule has 0 rings (SSSR count). The first-order valence-corrected chi connectivity index (χ1v) is 6.45. The maximum Gasteiger partial charge on any atom is 0.305 e. The molecule has 0 aromatic carbocycles. The lowest BCUT2D eigenvalue weighted by Gasteiger charge is -2.00. The van der Waals surface area contributed by atoms with Gasteiger partial charge in [0.25, 0.3) is 0 Å². The van der Waals surface area contributed by atoms with Gasteiger partial charge < -0.3 is 10.8 Å². The van der Waals surface area contributed by atoms with Crippen LogP contribution in [-0.2, 0) is 4.79 Å². The fraction of sp³-hybridized carbons (Fsp3) is 0.643. The molecule has 0 aliphatic rings. The summed E-state index contributed by atoms with van der Waals surface area (Å²) >= 11 is 0. The van der Waals surface area contributed by atoms with Crippen LogP contribution in [0.5, 0.6) is 0 Å². The van der Waals surface area contributed by atoms with Gasteiger partial charge in [-0.25, -0.2) is 0 Å². The Morgan fingerprint density at radius 3 is 2.47 bits per heavy atom. The molecule has 0 aliphatic heterocycles. The number of rotatable bonds is 10. The standard InChI is InChI=1S/C14H25NO2/c1-2-3-4-5-6-7-8-9-10-11-13(15)12-14(16)17/h6-7,10-11,13H,2-5,8-9,12,15H2,1H3,(H,16,17)/b7-6-,11-10+. The zero-order valence-electron chi connectivity index (χ0n) is 10.8. The van der Waals surface area contributed by atoms with Crippen molar-refractivity contribution in [3.63, 3.8) is 0 Å². The molecule has 0 aromatic heterocycles. The highest BCUT2D eigenvalue weighted by atomic mass is 16.4.